The molecule has 0 aliphatic rings. The van der Waals surface area contributed by atoms with Crippen LogP contribution in [0.2, 0.25) is 0 Å². The quantitative estimate of drug-likeness (QED) is 0.632. The maximum atomic E-state index is 11.5. The minimum Gasteiger partial charge on any atom is -0.355 e. The molecule has 0 radical (unpaired) electrons. The van der Waals surface area contributed by atoms with Crippen LogP contribution in [0.25, 0.3) is 0 Å². The highest BCUT2D eigenvalue weighted by Gasteiger charge is 2.11. The Morgan fingerprint density at radius 1 is 1.53 bits per heavy atom. The number of carbonyl (C=O) groups is 1. The van der Waals surface area contributed by atoms with Crippen LogP contribution in [0.1, 0.15) is 26.7 Å². The van der Waals surface area contributed by atoms with E-state index < -0.39 is 10.8 Å². The average molecular weight is 234 g/mol. The topological polar surface area (TPSA) is 72.2 Å². The fraction of sp³-hybridized carbons (Fsp3) is 0.900. The number of nitrogens with one attached hydrogen (secondary N) is 1. The van der Waals surface area contributed by atoms with E-state index in [2.05, 4.69) is 5.32 Å². The Morgan fingerprint density at radius 3 is 2.73 bits per heavy atom. The van der Waals surface area contributed by atoms with Gasteiger partial charge in [-0.15, -0.1) is 0 Å². The number of carbonyl (C=O) groups excluding carboxylic acids is 1. The molecule has 0 saturated carbocycles. The van der Waals surface area contributed by atoms with Crippen LogP contribution in [0.15, 0.2) is 0 Å². The molecule has 0 rings (SSSR count). The molecule has 0 aromatic rings. The van der Waals surface area contributed by atoms with Crippen LogP contribution >= 0.6 is 0 Å². The van der Waals surface area contributed by atoms with E-state index in [-0.39, 0.29) is 11.8 Å². The van der Waals surface area contributed by atoms with Crippen LogP contribution < -0.4 is 11.1 Å². The summed E-state index contributed by atoms with van der Waals surface area (Å²) in [7, 11) is -0.797. The second-order valence-electron chi connectivity index (χ2n) is 3.56. The van der Waals surface area contributed by atoms with Gasteiger partial charge in [-0.05, 0) is 19.4 Å². The van der Waals surface area contributed by atoms with Crippen molar-refractivity contribution >= 4 is 16.7 Å². The predicted octanol–water partition coefficient (Wildman–Crippen LogP) is 0.246. The van der Waals surface area contributed by atoms with Crippen LogP contribution in [-0.2, 0) is 15.6 Å². The molecule has 0 aromatic carbocycles. The monoisotopic (exact) mass is 234 g/mol. The van der Waals surface area contributed by atoms with Gasteiger partial charge in [0.1, 0.15) is 0 Å². The number of nitrogens with two attached hydrogens (primary N) is 1. The molecule has 0 aliphatic heterocycles. The first kappa shape index (κ1) is 14.6. The molecule has 0 bridgehead atoms. The second-order valence-corrected chi connectivity index (χ2v) is 5.42. The van der Waals surface area contributed by atoms with Gasteiger partial charge in [-0.2, -0.15) is 0 Å². The summed E-state index contributed by atoms with van der Waals surface area (Å²) < 4.78 is 11.1. The summed E-state index contributed by atoms with van der Waals surface area (Å²) in [4.78, 5) is 11.5. The van der Waals surface area contributed by atoms with Crippen molar-refractivity contribution in [3.05, 3.63) is 0 Å². The van der Waals surface area contributed by atoms with E-state index in [9.17, 15) is 9.00 Å². The minimum atomic E-state index is -0.797. The standard InChI is InChI=1S/C10H22N2O2S/c1-3-15(14)8-7-12-10(13)9(2)5-4-6-11/h9H,3-8,11H2,1-2H3,(H,12,13). The molecule has 0 spiro atoms. The lowest BCUT2D eigenvalue weighted by molar-refractivity contribution is -0.124. The summed E-state index contributed by atoms with van der Waals surface area (Å²) in [6.07, 6.45) is 1.69. The zero-order valence-electron chi connectivity index (χ0n) is 9.62. The van der Waals surface area contributed by atoms with E-state index >= 15 is 0 Å². The van der Waals surface area contributed by atoms with Gasteiger partial charge in [0.15, 0.2) is 0 Å². The van der Waals surface area contributed by atoms with E-state index in [1.165, 1.54) is 0 Å². The zero-order valence-corrected chi connectivity index (χ0v) is 10.4. The van der Waals surface area contributed by atoms with Crippen LogP contribution in [0.4, 0.5) is 0 Å². The third kappa shape index (κ3) is 7.50. The molecule has 5 heteroatoms. The van der Waals surface area contributed by atoms with Crippen LogP contribution in [0.5, 0.6) is 0 Å². The van der Waals surface area contributed by atoms with Crippen molar-refractivity contribution in [2.45, 2.75) is 26.7 Å². The van der Waals surface area contributed by atoms with Crippen LogP contribution in [-0.4, -0.2) is 34.7 Å². The summed E-state index contributed by atoms with van der Waals surface area (Å²) in [5.41, 5.74) is 5.36. The van der Waals surface area contributed by atoms with Crippen molar-refractivity contribution in [2.24, 2.45) is 11.7 Å². The van der Waals surface area contributed by atoms with E-state index in [1.807, 2.05) is 13.8 Å². The highest BCUT2D eigenvalue weighted by atomic mass is 32.2. The Balaban J connectivity index is 3.59. The zero-order chi connectivity index (χ0) is 11.7. The lowest BCUT2D eigenvalue weighted by atomic mass is 10.1. The fourth-order valence-corrected chi connectivity index (χ4v) is 1.78. The number of hydrogen-bond donors (Lipinski definition) is 2. The van der Waals surface area contributed by atoms with E-state index in [0.29, 0.717) is 24.6 Å². The number of rotatable bonds is 8. The van der Waals surface area contributed by atoms with Crippen molar-refractivity contribution < 1.29 is 9.00 Å². The van der Waals surface area contributed by atoms with Gasteiger partial charge >= 0.3 is 0 Å². The first-order valence-corrected chi connectivity index (χ1v) is 6.93. The van der Waals surface area contributed by atoms with Gasteiger partial charge in [0.2, 0.25) is 5.91 Å². The summed E-state index contributed by atoms with van der Waals surface area (Å²) in [6, 6.07) is 0. The van der Waals surface area contributed by atoms with Gasteiger partial charge in [-0.1, -0.05) is 13.8 Å². The Morgan fingerprint density at radius 2 is 2.20 bits per heavy atom. The van der Waals surface area contributed by atoms with Crippen molar-refractivity contribution in [2.75, 3.05) is 24.6 Å². The molecule has 0 fully saturated rings. The summed E-state index contributed by atoms with van der Waals surface area (Å²) in [5.74, 6) is 1.24. The number of hydrogen-bond acceptors (Lipinski definition) is 3. The van der Waals surface area contributed by atoms with Gasteiger partial charge in [-0.3, -0.25) is 9.00 Å². The molecule has 2 atom stereocenters. The molecular weight excluding hydrogens is 212 g/mol. The molecule has 4 nitrogen and oxygen atoms in total. The van der Waals surface area contributed by atoms with Gasteiger partial charge in [0, 0.05) is 34.8 Å². The summed E-state index contributed by atoms with van der Waals surface area (Å²) in [5, 5.41) is 2.78. The summed E-state index contributed by atoms with van der Waals surface area (Å²) >= 11 is 0. The molecule has 1 amide bonds. The Bertz CT molecular complexity index is 210. The molecule has 2 unspecified atom stereocenters. The lowest BCUT2D eigenvalue weighted by Crippen LogP contribution is -2.32. The van der Waals surface area contributed by atoms with Gasteiger partial charge in [-0.25, -0.2) is 0 Å². The molecule has 0 aromatic heterocycles. The van der Waals surface area contributed by atoms with E-state index in [0.717, 1.165) is 12.8 Å². The molecule has 3 N–H and O–H groups in total. The third-order valence-corrected chi connectivity index (χ3v) is 3.54. The first-order chi connectivity index (χ1) is 7.11. The van der Waals surface area contributed by atoms with Crippen molar-refractivity contribution in [1.29, 1.82) is 0 Å². The maximum Gasteiger partial charge on any atom is 0.222 e. The highest BCUT2D eigenvalue weighted by Crippen LogP contribution is 2.03. The van der Waals surface area contributed by atoms with Crippen molar-refractivity contribution in [3.63, 3.8) is 0 Å². The molecular formula is C10H22N2O2S. The molecule has 90 valence electrons. The van der Waals surface area contributed by atoms with Crippen molar-refractivity contribution in [3.8, 4) is 0 Å². The Kier molecular flexibility index (Phi) is 8.61. The van der Waals surface area contributed by atoms with E-state index in [4.69, 9.17) is 5.73 Å². The Hall–Kier alpha value is -0.420. The highest BCUT2D eigenvalue weighted by molar-refractivity contribution is 7.84. The van der Waals surface area contributed by atoms with Crippen LogP contribution in [0.3, 0.4) is 0 Å². The third-order valence-electron chi connectivity index (χ3n) is 2.24. The molecule has 0 saturated heterocycles. The average Bonchev–Trinajstić information content (AvgIpc) is 2.25. The molecule has 15 heavy (non-hydrogen) atoms. The minimum absolute atomic E-state index is 0.00334. The fourth-order valence-electron chi connectivity index (χ4n) is 1.16. The van der Waals surface area contributed by atoms with Gasteiger partial charge in [0.25, 0.3) is 0 Å². The SMILES string of the molecule is CCS(=O)CCNC(=O)C(C)CCCN. The molecule has 0 heterocycles. The number of amides is 1. The Labute approximate surface area is 94.4 Å². The van der Waals surface area contributed by atoms with Gasteiger partial charge in [0.05, 0.1) is 0 Å². The largest absolute Gasteiger partial charge is 0.355 e. The predicted molar refractivity (Wildman–Crippen MR) is 64.0 cm³/mol. The maximum absolute atomic E-state index is 11.5. The van der Waals surface area contributed by atoms with E-state index in [1.54, 1.807) is 0 Å². The van der Waals surface area contributed by atoms with Crippen LogP contribution in [0, 0.1) is 5.92 Å². The first-order valence-electron chi connectivity index (χ1n) is 5.44. The normalized spacial score (nSPS) is 14.6. The lowest BCUT2D eigenvalue weighted by Gasteiger charge is -2.11. The summed E-state index contributed by atoms with van der Waals surface area (Å²) in [6.45, 7) is 4.90. The molecule has 0 aliphatic carbocycles. The smallest absolute Gasteiger partial charge is 0.222 e. The second kappa shape index (κ2) is 8.85. The van der Waals surface area contributed by atoms with Crippen molar-refractivity contribution in [1.82, 2.24) is 5.32 Å². The van der Waals surface area contributed by atoms with Gasteiger partial charge < -0.3 is 11.1 Å².